The fourth-order valence-electron chi connectivity index (χ4n) is 2.17. The van der Waals surface area contributed by atoms with Crippen molar-refractivity contribution in [3.05, 3.63) is 23.8 Å². The summed E-state index contributed by atoms with van der Waals surface area (Å²) in [4.78, 5) is 0. The van der Waals surface area contributed by atoms with Crippen LogP contribution in [0.4, 0.5) is 0 Å². The Hall–Kier alpha value is -0.520. The van der Waals surface area contributed by atoms with Gasteiger partial charge in [-0.15, -0.1) is 0 Å². The van der Waals surface area contributed by atoms with Gasteiger partial charge in [0.25, 0.3) is 0 Å². The standard InChI is InChI=1S/C17H32/c1-8-11-12-13-17(7,10-3)15(9-2)14-16(4,5)6/h9,12-13H,8,10-11,14H2,1-7H3. The summed E-state index contributed by atoms with van der Waals surface area (Å²) < 4.78 is 0. The quantitative estimate of drug-likeness (QED) is 0.486. The minimum absolute atomic E-state index is 0.247. The molecule has 0 aromatic carbocycles. The van der Waals surface area contributed by atoms with Crippen molar-refractivity contribution >= 4 is 0 Å². The molecule has 0 nitrogen and oxygen atoms in total. The third kappa shape index (κ3) is 6.10. The minimum atomic E-state index is 0.247. The van der Waals surface area contributed by atoms with Crippen molar-refractivity contribution in [2.45, 2.75) is 74.1 Å². The van der Waals surface area contributed by atoms with Gasteiger partial charge in [0.2, 0.25) is 0 Å². The van der Waals surface area contributed by atoms with Gasteiger partial charge in [-0.25, -0.2) is 0 Å². The van der Waals surface area contributed by atoms with Crippen LogP contribution in [-0.2, 0) is 0 Å². The van der Waals surface area contributed by atoms with Crippen molar-refractivity contribution in [3.8, 4) is 0 Å². The first-order chi connectivity index (χ1) is 7.79. The molecule has 0 aliphatic rings. The predicted molar refractivity (Wildman–Crippen MR) is 80.3 cm³/mol. The van der Waals surface area contributed by atoms with Gasteiger partial charge in [0.1, 0.15) is 0 Å². The lowest BCUT2D eigenvalue weighted by Crippen LogP contribution is -2.20. The minimum Gasteiger partial charge on any atom is -0.0877 e. The Bertz CT molecular complexity index is 262. The SMILES string of the molecule is CC=C(CC(C)(C)C)C(C)(C=CCCC)CC. The molecule has 0 radical (unpaired) electrons. The molecule has 0 heteroatoms. The smallest absolute Gasteiger partial charge is 0.00599 e. The van der Waals surface area contributed by atoms with E-state index >= 15 is 0 Å². The largest absolute Gasteiger partial charge is 0.0877 e. The lowest BCUT2D eigenvalue weighted by molar-refractivity contribution is 0.358. The molecule has 0 aliphatic carbocycles. The maximum absolute atomic E-state index is 2.43. The van der Waals surface area contributed by atoms with Gasteiger partial charge >= 0.3 is 0 Å². The van der Waals surface area contributed by atoms with Crippen LogP contribution >= 0.6 is 0 Å². The van der Waals surface area contributed by atoms with Gasteiger partial charge in [-0.2, -0.15) is 0 Å². The van der Waals surface area contributed by atoms with E-state index in [4.69, 9.17) is 0 Å². The van der Waals surface area contributed by atoms with Crippen LogP contribution in [0.5, 0.6) is 0 Å². The Morgan fingerprint density at radius 3 is 2.00 bits per heavy atom. The molecule has 0 saturated carbocycles. The van der Waals surface area contributed by atoms with Gasteiger partial charge in [-0.05, 0) is 31.6 Å². The van der Waals surface area contributed by atoms with Crippen molar-refractivity contribution in [1.82, 2.24) is 0 Å². The highest BCUT2D eigenvalue weighted by Crippen LogP contribution is 2.39. The van der Waals surface area contributed by atoms with E-state index in [1.165, 1.54) is 25.7 Å². The summed E-state index contributed by atoms with van der Waals surface area (Å²) in [5, 5.41) is 0. The molecule has 1 atom stereocenters. The van der Waals surface area contributed by atoms with Crippen LogP contribution in [0.1, 0.15) is 74.1 Å². The molecular weight excluding hydrogens is 204 g/mol. The summed E-state index contributed by atoms with van der Waals surface area (Å²) in [6, 6.07) is 0. The van der Waals surface area contributed by atoms with Crippen molar-refractivity contribution in [3.63, 3.8) is 0 Å². The van der Waals surface area contributed by atoms with Crippen LogP contribution in [-0.4, -0.2) is 0 Å². The maximum Gasteiger partial charge on any atom is 0.00599 e. The second-order valence-corrected chi connectivity index (χ2v) is 6.51. The summed E-state index contributed by atoms with van der Waals surface area (Å²) in [7, 11) is 0. The normalized spacial score (nSPS) is 17.5. The number of rotatable bonds is 6. The molecule has 0 aromatic rings. The molecule has 0 N–H and O–H groups in total. The second-order valence-electron chi connectivity index (χ2n) is 6.51. The number of hydrogen-bond donors (Lipinski definition) is 0. The molecule has 0 rings (SSSR count). The van der Waals surface area contributed by atoms with E-state index in [0.717, 1.165) is 0 Å². The average Bonchev–Trinajstić information content (AvgIpc) is 2.24. The summed E-state index contributed by atoms with van der Waals surface area (Å²) >= 11 is 0. The number of allylic oxidation sites excluding steroid dienone is 4. The Labute approximate surface area is 109 Å². The zero-order valence-corrected chi connectivity index (χ0v) is 13.1. The summed E-state index contributed by atoms with van der Waals surface area (Å²) in [5.41, 5.74) is 2.20. The van der Waals surface area contributed by atoms with Crippen LogP contribution in [0.25, 0.3) is 0 Å². The maximum atomic E-state index is 2.43. The Morgan fingerprint density at radius 2 is 1.65 bits per heavy atom. The van der Waals surface area contributed by atoms with Gasteiger partial charge < -0.3 is 0 Å². The van der Waals surface area contributed by atoms with Gasteiger partial charge in [-0.1, -0.05) is 71.8 Å². The summed E-state index contributed by atoms with van der Waals surface area (Å²) in [6.45, 7) is 16.1. The van der Waals surface area contributed by atoms with E-state index < -0.39 is 0 Å². The molecule has 0 heterocycles. The molecule has 100 valence electrons. The molecular formula is C17H32. The third-order valence-corrected chi connectivity index (χ3v) is 3.48. The van der Waals surface area contributed by atoms with Crippen molar-refractivity contribution < 1.29 is 0 Å². The average molecular weight is 236 g/mol. The molecule has 0 saturated heterocycles. The van der Waals surface area contributed by atoms with Crippen molar-refractivity contribution in [2.24, 2.45) is 10.8 Å². The topological polar surface area (TPSA) is 0 Å². The lowest BCUT2D eigenvalue weighted by atomic mass is 9.72. The molecule has 17 heavy (non-hydrogen) atoms. The first kappa shape index (κ1) is 16.5. The fourth-order valence-corrected chi connectivity index (χ4v) is 2.17. The molecule has 0 bridgehead atoms. The fraction of sp³-hybridized carbons (Fsp3) is 0.765. The molecule has 1 unspecified atom stereocenters. The monoisotopic (exact) mass is 236 g/mol. The molecule has 0 aliphatic heterocycles. The van der Waals surface area contributed by atoms with Gasteiger partial charge in [-0.3, -0.25) is 0 Å². The van der Waals surface area contributed by atoms with Gasteiger partial charge in [0, 0.05) is 5.41 Å². The van der Waals surface area contributed by atoms with E-state index in [1.807, 2.05) is 0 Å². The van der Waals surface area contributed by atoms with Gasteiger partial charge in [0.05, 0.1) is 0 Å². The van der Waals surface area contributed by atoms with Gasteiger partial charge in [0.15, 0.2) is 0 Å². The van der Waals surface area contributed by atoms with Crippen LogP contribution < -0.4 is 0 Å². The van der Waals surface area contributed by atoms with Crippen LogP contribution in [0.3, 0.4) is 0 Å². The highest BCUT2D eigenvalue weighted by Gasteiger charge is 2.26. The summed E-state index contributed by atoms with van der Waals surface area (Å²) in [6.07, 6.45) is 11.9. The van der Waals surface area contributed by atoms with Crippen molar-refractivity contribution in [2.75, 3.05) is 0 Å². The van der Waals surface area contributed by atoms with Crippen LogP contribution in [0, 0.1) is 10.8 Å². The predicted octanol–water partition coefficient (Wildman–Crippen LogP) is 6.14. The first-order valence-corrected chi connectivity index (χ1v) is 7.12. The second kappa shape index (κ2) is 7.03. The molecule has 0 amide bonds. The number of hydrogen-bond acceptors (Lipinski definition) is 0. The molecule has 0 fully saturated rings. The van der Waals surface area contributed by atoms with Crippen LogP contribution in [0.2, 0.25) is 0 Å². The van der Waals surface area contributed by atoms with Crippen molar-refractivity contribution in [1.29, 1.82) is 0 Å². The van der Waals surface area contributed by atoms with E-state index in [0.29, 0.717) is 5.41 Å². The zero-order chi connectivity index (χ0) is 13.5. The Morgan fingerprint density at radius 1 is 1.06 bits per heavy atom. The molecule has 0 aromatic heterocycles. The van der Waals surface area contributed by atoms with E-state index in [9.17, 15) is 0 Å². The van der Waals surface area contributed by atoms with Crippen LogP contribution in [0.15, 0.2) is 23.8 Å². The zero-order valence-electron chi connectivity index (χ0n) is 13.1. The molecule has 0 spiro atoms. The van der Waals surface area contributed by atoms with E-state index in [2.05, 4.69) is 66.7 Å². The highest BCUT2D eigenvalue weighted by molar-refractivity contribution is 5.21. The van der Waals surface area contributed by atoms with E-state index in [1.54, 1.807) is 5.57 Å². The highest BCUT2D eigenvalue weighted by atomic mass is 14.3. The summed E-state index contributed by atoms with van der Waals surface area (Å²) in [5.74, 6) is 0. The van der Waals surface area contributed by atoms with E-state index in [-0.39, 0.29) is 5.41 Å². The lowest BCUT2D eigenvalue weighted by Gasteiger charge is -2.33. The Kier molecular flexibility index (Phi) is 6.82. The third-order valence-electron chi connectivity index (χ3n) is 3.48. The Balaban J connectivity index is 4.92. The first-order valence-electron chi connectivity index (χ1n) is 7.12. The number of unbranched alkanes of at least 4 members (excludes halogenated alkanes) is 1.